The van der Waals surface area contributed by atoms with Crippen LogP contribution in [-0.2, 0) is 28.4 Å². The van der Waals surface area contributed by atoms with Crippen LogP contribution in [0.5, 0.6) is 0 Å². The predicted molar refractivity (Wildman–Crippen MR) is 151 cm³/mol. The van der Waals surface area contributed by atoms with Gasteiger partial charge in [0.1, 0.15) is 10.7 Å². The number of benzene rings is 1. The number of hydrogen-bond donors (Lipinski definition) is 1. The van der Waals surface area contributed by atoms with E-state index in [4.69, 9.17) is 0 Å². The molecule has 5 heterocycles. The molecule has 1 N–H and O–H groups in total. The molecule has 0 spiro atoms. The smallest absolute Gasteiger partial charge is 0.304 e. The fraction of sp³-hybridized carbons (Fsp3) is 0.379. The molecule has 3 aromatic heterocycles. The molecule has 11 heteroatoms. The second kappa shape index (κ2) is 9.97. The Kier molecular flexibility index (Phi) is 6.58. The number of pyridine rings is 1. The quantitative estimate of drug-likeness (QED) is 0.378. The Labute approximate surface area is 233 Å². The molecule has 0 saturated carbocycles. The Hall–Kier alpha value is -3.83. The maximum Gasteiger partial charge on any atom is 0.304 e. The lowest BCUT2D eigenvalue weighted by Gasteiger charge is -2.26. The van der Waals surface area contributed by atoms with E-state index in [1.807, 2.05) is 55.8 Å². The summed E-state index contributed by atoms with van der Waals surface area (Å²) in [7, 11) is -1.92. The number of rotatable bonds is 6. The molecule has 2 aliphatic rings. The Morgan fingerprint density at radius 1 is 1.15 bits per heavy atom. The highest BCUT2D eigenvalue weighted by Crippen LogP contribution is 2.37. The molecule has 1 aromatic carbocycles. The van der Waals surface area contributed by atoms with Gasteiger partial charge in [0.2, 0.25) is 10.0 Å². The zero-order valence-corrected chi connectivity index (χ0v) is 23.6. The lowest BCUT2D eigenvalue weighted by Crippen LogP contribution is -2.39. The Morgan fingerprint density at radius 2 is 1.98 bits per heavy atom. The van der Waals surface area contributed by atoms with Gasteiger partial charge in [-0.3, -0.25) is 4.79 Å². The number of carboxylic acids is 1. The largest absolute Gasteiger partial charge is 0.481 e. The molecule has 1 saturated heterocycles. The molecule has 10 nitrogen and oxygen atoms in total. The van der Waals surface area contributed by atoms with E-state index in [1.165, 1.54) is 0 Å². The summed E-state index contributed by atoms with van der Waals surface area (Å²) in [6, 6.07) is 13.1. The van der Waals surface area contributed by atoms with Gasteiger partial charge in [-0.25, -0.2) is 13.4 Å². The van der Waals surface area contributed by atoms with E-state index in [9.17, 15) is 18.3 Å². The van der Waals surface area contributed by atoms with Gasteiger partial charge >= 0.3 is 5.97 Å². The van der Waals surface area contributed by atoms with Crippen LogP contribution in [0.15, 0.2) is 53.6 Å². The summed E-state index contributed by atoms with van der Waals surface area (Å²) < 4.78 is 31.2. The standard InChI is InChI=1S/C29H32N6O4S/c1-18-8-9-20(24(15-27(36)37)25-14-21-12-19(2)31-32-28(21)33(25)3)13-22(18)16-34-17-23-6-5-11-35(23)29-26(40(34,38)39)7-4-10-30-29/h4,7-10,12-14,23-24H,5-6,11,15-17H2,1-3H3,(H,36,37)/t23-,24?/m0/s1. The number of sulfonamides is 1. The molecule has 0 amide bonds. The molecule has 208 valence electrons. The molecule has 2 aliphatic heterocycles. The van der Waals surface area contributed by atoms with Crippen molar-refractivity contribution in [1.29, 1.82) is 0 Å². The predicted octanol–water partition coefficient (Wildman–Crippen LogP) is 3.76. The fourth-order valence-corrected chi connectivity index (χ4v) is 7.75. The van der Waals surface area contributed by atoms with Crippen molar-refractivity contribution in [3.63, 3.8) is 0 Å². The second-order valence-corrected chi connectivity index (χ2v) is 12.7. The first-order valence-corrected chi connectivity index (χ1v) is 14.9. The first-order valence-electron chi connectivity index (χ1n) is 13.5. The highest BCUT2D eigenvalue weighted by atomic mass is 32.2. The van der Waals surface area contributed by atoms with Crippen molar-refractivity contribution in [2.45, 2.75) is 56.5 Å². The molecule has 0 bridgehead atoms. The van der Waals surface area contributed by atoms with E-state index in [0.717, 1.165) is 52.9 Å². The van der Waals surface area contributed by atoms with E-state index in [0.29, 0.717) is 18.0 Å². The Morgan fingerprint density at radius 3 is 2.77 bits per heavy atom. The van der Waals surface area contributed by atoms with Crippen molar-refractivity contribution >= 4 is 32.8 Å². The van der Waals surface area contributed by atoms with Gasteiger partial charge in [0.15, 0.2) is 5.65 Å². The van der Waals surface area contributed by atoms with Gasteiger partial charge in [0.05, 0.1) is 12.1 Å². The highest BCUT2D eigenvalue weighted by Gasteiger charge is 2.40. The minimum atomic E-state index is -3.79. The molecule has 1 unspecified atom stereocenters. The first-order chi connectivity index (χ1) is 19.1. The van der Waals surface area contributed by atoms with Crippen molar-refractivity contribution in [3.8, 4) is 0 Å². The van der Waals surface area contributed by atoms with Crippen LogP contribution < -0.4 is 4.90 Å². The number of hydrogen-bond acceptors (Lipinski definition) is 7. The lowest BCUT2D eigenvalue weighted by molar-refractivity contribution is -0.137. The summed E-state index contributed by atoms with van der Waals surface area (Å²) in [6.45, 7) is 5.19. The molecule has 2 atom stereocenters. The number of carbonyl (C=O) groups is 1. The topological polar surface area (TPSA) is 122 Å². The summed E-state index contributed by atoms with van der Waals surface area (Å²) in [6.07, 6.45) is 3.44. The van der Waals surface area contributed by atoms with Crippen LogP contribution in [0, 0.1) is 13.8 Å². The number of carboxylic acid groups (broad SMARTS) is 1. The van der Waals surface area contributed by atoms with E-state index in [1.54, 1.807) is 22.6 Å². The number of nitrogens with zero attached hydrogens (tertiary/aromatic N) is 6. The van der Waals surface area contributed by atoms with E-state index in [2.05, 4.69) is 20.1 Å². The summed E-state index contributed by atoms with van der Waals surface area (Å²) >= 11 is 0. The second-order valence-electron chi connectivity index (χ2n) is 10.8. The van der Waals surface area contributed by atoms with Crippen LogP contribution >= 0.6 is 0 Å². The maximum absolute atomic E-state index is 13.9. The zero-order chi connectivity index (χ0) is 28.2. The molecule has 4 aromatic rings. The average Bonchev–Trinajstić information content (AvgIpc) is 3.49. The summed E-state index contributed by atoms with van der Waals surface area (Å²) in [4.78, 5) is 18.8. The molecular weight excluding hydrogens is 528 g/mol. The van der Waals surface area contributed by atoms with E-state index < -0.39 is 21.9 Å². The van der Waals surface area contributed by atoms with Gasteiger partial charge in [-0.15, -0.1) is 5.10 Å². The van der Waals surface area contributed by atoms with Crippen LogP contribution in [0.4, 0.5) is 5.82 Å². The fourth-order valence-electron chi connectivity index (χ4n) is 6.14. The highest BCUT2D eigenvalue weighted by molar-refractivity contribution is 7.89. The van der Waals surface area contributed by atoms with Crippen LogP contribution in [0.25, 0.3) is 11.0 Å². The van der Waals surface area contributed by atoms with Gasteiger partial charge < -0.3 is 14.6 Å². The van der Waals surface area contributed by atoms with E-state index in [-0.39, 0.29) is 23.9 Å². The van der Waals surface area contributed by atoms with Gasteiger partial charge in [0.25, 0.3) is 0 Å². The van der Waals surface area contributed by atoms with Crippen molar-refractivity contribution in [2.75, 3.05) is 18.0 Å². The number of fused-ring (bicyclic) bond motifs is 4. The molecular formula is C29H32N6O4S. The monoisotopic (exact) mass is 560 g/mol. The van der Waals surface area contributed by atoms with Crippen LogP contribution in [-0.4, -0.2) is 62.7 Å². The van der Waals surface area contributed by atoms with Crippen molar-refractivity contribution < 1.29 is 18.3 Å². The maximum atomic E-state index is 13.9. The van der Waals surface area contributed by atoms with Crippen molar-refractivity contribution in [2.24, 2.45) is 7.05 Å². The van der Waals surface area contributed by atoms with Crippen LogP contribution in [0.3, 0.4) is 0 Å². The minimum absolute atomic E-state index is 0.0644. The zero-order valence-electron chi connectivity index (χ0n) is 22.8. The first kappa shape index (κ1) is 26.4. The SMILES string of the molecule is Cc1cc2cc(C(CC(=O)O)c3ccc(C)c(CN4C[C@@H]5CCCN5c5ncccc5S4(=O)=O)c3)n(C)c2nn1. The number of anilines is 1. The van der Waals surface area contributed by atoms with Gasteiger partial charge in [0, 0.05) is 55.9 Å². The van der Waals surface area contributed by atoms with Gasteiger partial charge in [-0.1, -0.05) is 18.2 Å². The number of aliphatic carboxylic acids is 1. The van der Waals surface area contributed by atoms with Gasteiger partial charge in [-0.2, -0.15) is 9.40 Å². The normalized spacial score (nSPS) is 19.3. The Bertz CT molecular complexity index is 1730. The molecule has 0 aliphatic carbocycles. The van der Waals surface area contributed by atoms with Crippen LogP contribution in [0.2, 0.25) is 0 Å². The van der Waals surface area contributed by atoms with Crippen LogP contribution in [0.1, 0.15) is 53.3 Å². The lowest BCUT2D eigenvalue weighted by atomic mass is 9.89. The molecule has 6 rings (SSSR count). The summed E-state index contributed by atoms with van der Waals surface area (Å²) in [5, 5.41) is 19.2. The summed E-state index contributed by atoms with van der Waals surface area (Å²) in [5.74, 6) is -0.832. The minimum Gasteiger partial charge on any atom is -0.481 e. The number of aromatic nitrogens is 4. The van der Waals surface area contributed by atoms with E-state index >= 15 is 0 Å². The Balaban J connectivity index is 1.40. The van der Waals surface area contributed by atoms with Crippen molar-refractivity contribution in [3.05, 3.63) is 76.7 Å². The third kappa shape index (κ3) is 4.52. The number of aryl methyl sites for hydroxylation is 3. The summed E-state index contributed by atoms with van der Waals surface area (Å²) in [5.41, 5.74) is 4.90. The molecule has 0 radical (unpaired) electrons. The van der Waals surface area contributed by atoms with Gasteiger partial charge in [-0.05, 0) is 67.6 Å². The van der Waals surface area contributed by atoms with Crippen molar-refractivity contribution in [1.82, 2.24) is 24.1 Å². The molecule has 40 heavy (non-hydrogen) atoms. The molecule has 1 fully saturated rings. The average molecular weight is 561 g/mol. The third-order valence-corrected chi connectivity index (χ3v) is 10.1. The third-order valence-electron chi connectivity index (χ3n) is 8.22.